The van der Waals surface area contributed by atoms with E-state index in [0.29, 0.717) is 11.8 Å². The molecule has 2 aromatic rings. The van der Waals surface area contributed by atoms with Crippen molar-refractivity contribution in [1.29, 1.82) is 0 Å². The van der Waals surface area contributed by atoms with E-state index in [-0.39, 0.29) is 5.38 Å². The lowest BCUT2D eigenvalue weighted by atomic mass is 9.87. The molecule has 1 heteroatoms. The molecule has 2 rings (SSSR count). The van der Waals surface area contributed by atoms with Gasteiger partial charge < -0.3 is 0 Å². The van der Waals surface area contributed by atoms with Crippen molar-refractivity contribution in [3.63, 3.8) is 0 Å². The molecule has 96 valence electrons. The second-order valence-electron chi connectivity index (χ2n) is 5.52. The van der Waals surface area contributed by atoms with E-state index < -0.39 is 0 Å². The van der Waals surface area contributed by atoms with E-state index in [1.165, 1.54) is 21.9 Å². The zero-order chi connectivity index (χ0) is 13.3. The van der Waals surface area contributed by atoms with Crippen LogP contribution in [0.3, 0.4) is 0 Å². The van der Waals surface area contributed by atoms with Gasteiger partial charge in [0.2, 0.25) is 0 Å². The molecule has 0 aliphatic carbocycles. The van der Waals surface area contributed by atoms with Crippen LogP contribution in [0.15, 0.2) is 36.4 Å². The smallest absolute Gasteiger partial charge is 0.0619 e. The minimum atomic E-state index is 0.0792. The molecular formula is C17H21Cl. The van der Waals surface area contributed by atoms with Crippen LogP contribution >= 0.6 is 11.6 Å². The normalized spacial score (nSPS) is 15.0. The Hall–Kier alpha value is -1.01. The molecule has 0 fully saturated rings. The number of aryl methyl sites for hydroxylation is 1. The first kappa shape index (κ1) is 13.4. The molecule has 0 saturated carbocycles. The van der Waals surface area contributed by atoms with Crippen LogP contribution in [0.25, 0.3) is 10.8 Å². The van der Waals surface area contributed by atoms with E-state index in [1.54, 1.807) is 0 Å². The number of hydrogen-bond donors (Lipinski definition) is 0. The van der Waals surface area contributed by atoms with Crippen molar-refractivity contribution in [3.8, 4) is 0 Å². The summed E-state index contributed by atoms with van der Waals surface area (Å²) in [6.45, 7) is 8.85. The summed E-state index contributed by atoms with van der Waals surface area (Å²) in [4.78, 5) is 0. The maximum Gasteiger partial charge on any atom is 0.0619 e. The molecule has 0 heterocycles. The second-order valence-corrected chi connectivity index (χ2v) is 5.99. The third-order valence-electron chi connectivity index (χ3n) is 3.99. The zero-order valence-electron chi connectivity index (χ0n) is 11.6. The Morgan fingerprint density at radius 1 is 0.889 bits per heavy atom. The van der Waals surface area contributed by atoms with Crippen LogP contribution in [0.4, 0.5) is 0 Å². The van der Waals surface area contributed by atoms with Crippen LogP contribution in [0, 0.1) is 18.8 Å². The lowest BCUT2D eigenvalue weighted by Gasteiger charge is -2.23. The van der Waals surface area contributed by atoms with E-state index in [1.807, 2.05) is 0 Å². The zero-order valence-corrected chi connectivity index (χ0v) is 12.3. The minimum absolute atomic E-state index is 0.0792. The molecule has 0 bridgehead atoms. The SMILES string of the molecule is Cc1ccc(C(Cl)C(C)C(C)C)c2ccccc12. The van der Waals surface area contributed by atoms with E-state index in [9.17, 15) is 0 Å². The Kier molecular flexibility index (Phi) is 3.97. The highest BCUT2D eigenvalue weighted by Crippen LogP contribution is 2.37. The Balaban J connectivity index is 2.55. The quantitative estimate of drug-likeness (QED) is 0.619. The molecule has 18 heavy (non-hydrogen) atoms. The highest BCUT2D eigenvalue weighted by atomic mass is 35.5. The maximum absolute atomic E-state index is 6.68. The summed E-state index contributed by atoms with van der Waals surface area (Å²) in [5.74, 6) is 1.06. The van der Waals surface area contributed by atoms with E-state index in [0.717, 1.165) is 0 Å². The highest BCUT2D eigenvalue weighted by Gasteiger charge is 2.21. The molecule has 0 saturated heterocycles. The van der Waals surface area contributed by atoms with Crippen molar-refractivity contribution in [3.05, 3.63) is 47.5 Å². The number of fused-ring (bicyclic) bond motifs is 1. The molecule has 0 aliphatic heterocycles. The van der Waals surface area contributed by atoms with E-state index in [2.05, 4.69) is 64.1 Å². The largest absolute Gasteiger partial charge is 0.117 e. The number of rotatable bonds is 3. The van der Waals surface area contributed by atoms with Crippen molar-refractivity contribution in [2.75, 3.05) is 0 Å². The molecule has 0 radical (unpaired) electrons. The van der Waals surface area contributed by atoms with Crippen molar-refractivity contribution >= 4 is 22.4 Å². The second kappa shape index (κ2) is 5.32. The van der Waals surface area contributed by atoms with Gasteiger partial charge in [0, 0.05) is 0 Å². The molecule has 2 unspecified atom stereocenters. The first-order valence-corrected chi connectivity index (χ1v) is 7.08. The van der Waals surface area contributed by atoms with Crippen LogP contribution < -0.4 is 0 Å². The summed E-state index contributed by atoms with van der Waals surface area (Å²) >= 11 is 6.68. The predicted octanol–water partition coefficient (Wildman–Crippen LogP) is 5.72. The molecular weight excluding hydrogens is 240 g/mol. The summed E-state index contributed by atoms with van der Waals surface area (Å²) in [5, 5.41) is 2.69. The summed E-state index contributed by atoms with van der Waals surface area (Å²) in [6, 6.07) is 12.9. The van der Waals surface area contributed by atoms with Gasteiger partial charge in [-0.2, -0.15) is 0 Å². The number of benzene rings is 2. The molecule has 0 spiro atoms. The van der Waals surface area contributed by atoms with Gasteiger partial charge in [0.15, 0.2) is 0 Å². The standard InChI is InChI=1S/C17H21Cl/c1-11(2)13(4)17(18)16-10-9-12(3)14-7-5-6-8-15(14)16/h5-11,13,17H,1-4H3. The lowest BCUT2D eigenvalue weighted by Crippen LogP contribution is -2.11. The van der Waals surface area contributed by atoms with Crippen molar-refractivity contribution < 1.29 is 0 Å². The molecule has 0 N–H and O–H groups in total. The average molecular weight is 261 g/mol. The summed E-state index contributed by atoms with van der Waals surface area (Å²) in [5.41, 5.74) is 2.58. The summed E-state index contributed by atoms with van der Waals surface area (Å²) in [6.07, 6.45) is 0. The molecule has 0 nitrogen and oxygen atoms in total. The van der Waals surface area contributed by atoms with Gasteiger partial charge in [-0.25, -0.2) is 0 Å². The van der Waals surface area contributed by atoms with Crippen molar-refractivity contribution in [1.82, 2.24) is 0 Å². The van der Waals surface area contributed by atoms with Gasteiger partial charge in [-0.1, -0.05) is 57.2 Å². The van der Waals surface area contributed by atoms with Crippen molar-refractivity contribution in [2.45, 2.75) is 33.1 Å². The van der Waals surface area contributed by atoms with Crippen LogP contribution in [-0.2, 0) is 0 Å². The first-order valence-electron chi connectivity index (χ1n) is 6.64. The highest BCUT2D eigenvalue weighted by molar-refractivity contribution is 6.22. The monoisotopic (exact) mass is 260 g/mol. The van der Waals surface area contributed by atoms with Crippen molar-refractivity contribution in [2.24, 2.45) is 11.8 Å². The molecule has 2 atom stereocenters. The van der Waals surface area contributed by atoms with Gasteiger partial charge in [-0.3, -0.25) is 0 Å². The fourth-order valence-corrected chi connectivity index (χ4v) is 2.82. The van der Waals surface area contributed by atoms with Gasteiger partial charge in [-0.15, -0.1) is 11.6 Å². The third-order valence-corrected chi connectivity index (χ3v) is 4.62. The van der Waals surface area contributed by atoms with Crippen LogP contribution in [0.2, 0.25) is 0 Å². The topological polar surface area (TPSA) is 0 Å². The predicted molar refractivity (Wildman–Crippen MR) is 81.3 cm³/mol. The third kappa shape index (κ3) is 2.40. The Bertz CT molecular complexity index is 542. The van der Waals surface area contributed by atoms with Gasteiger partial charge in [0.25, 0.3) is 0 Å². The average Bonchev–Trinajstić information content (AvgIpc) is 2.38. The number of alkyl halides is 1. The van der Waals surface area contributed by atoms with E-state index in [4.69, 9.17) is 11.6 Å². The Labute approximate surface area is 115 Å². The maximum atomic E-state index is 6.68. The lowest BCUT2D eigenvalue weighted by molar-refractivity contribution is 0.407. The van der Waals surface area contributed by atoms with Crippen LogP contribution in [-0.4, -0.2) is 0 Å². The fourth-order valence-electron chi connectivity index (χ4n) is 2.33. The molecule has 0 amide bonds. The molecule has 0 aromatic heterocycles. The molecule has 0 aliphatic rings. The Morgan fingerprint density at radius 3 is 2.11 bits per heavy atom. The van der Waals surface area contributed by atoms with Gasteiger partial charge in [0.05, 0.1) is 5.38 Å². The summed E-state index contributed by atoms with van der Waals surface area (Å²) in [7, 11) is 0. The van der Waals surface area contributed by atoms with E-state index >= 15 is 0 Å². The Morgan fingerprint density at radius 2 is 1.50 bits per heavy atom. The van der Waals surface area contributed by atoms with Crippen LogP contribution in [0.1, 0.15) is 37.3 Å². The van der Waals surface area contributed by atoms with Gasteiger partial charge in [-0.05, 0) is 40.7 Å². The number of halogens is 1. The number of hydrogen-bond acceptors (Lipinski definition) is 0. The first-order chi connectivity index (χ1) is 8.52. The van der Waals surface area contributed by atoms with Crippen LogP contribution in [0.5, 0.6) is 0 Å². The minimum Gasteiger partial charge on any atom is -0.117 e. The fraction of sp³-hybridized carbons (Fsp3) is 0.412. The van der Waals surface area contributed by atoms with Gasteiger partial charge in [0.1, 0.15) is 0 Å². The molecule has 2 aromatic carbocycles. The summed E-state index contributed by atoms with van der Waals surface area (Å²) < 4.78 is 0. The van der Waals surface area contributed by atoms with Gasteiger partial charge >= 0.3 is 0 Å².